The minimum atomic E-state index is -0.986. The van der Waals surface area contributed by atoms with Crippen LogP contribution in [0, 0.1) is 0 Å². The predicted octanol–water partition coefficient (Wildman–Crippen LogP) is -2.05. The number of morpholine rings is 1. The summed E-state index contributed by atoms with van der Waals surface area (Å²) in [5.74, 6) is -0.900. The van der Waals surface area contributed by atoms with Crippen molar-refractivity contribution in [1.29, 1.82) is 0 Å². The van der Waals surface area contributed by atoms with Gasteiger partial charge in [-0.05, 0) is 0 Å². The Bertz CT molecular complexity index is 473. The minimum Gasteiger partial charge on any atom is -0.394 e. The standard InChI is InChI=1S/C13H21N5O4/c19-8-11(17-13(21)10-7-14-9-16-10)12(20)15-1-2-18-3-5-22-6-4-18/h7,9,11,19H,1-6,8H2,(H,14,16)(H,15,20)(H,17,21). The second kappa shape index (κ2) is 8.47. The van der Waals surface area contributed by atoms with Crippen molar-refractivity contribution in [2.75, 3.05) is 46.0 Å². The molecule has 1 atom stereocenters. The molecule has 2 heterocycles. The smallest absolute Gasteiger partial charge is 0.270 e. The number of nitrogens with zero attached hydrogens (tertiary/aromatic N) is 2. The lowest BCUT2D eigenvalue weighted by Gasteiger charge is -2.26. The van der Waals surface area contributed by atoms with Gasteiger partial charge in [-0.2, -0.15) is 0 Å². The first-order valence-corrected chi connectivity index (χ1v) is 7.18. The zero-order chi connectivity index (χ0) is 15.8. The number of aliphatic hydroxyl groups is 1. The highest BCUT2D eigenvalue weighted by Crippen LogP contribution is 1.96. The van der Waals surface area contributed by atoms with E-state index in [2.05, 4.69) is 25.5 Å². The molecule has 1 fully saturated rings. The van der Waals surface area contributed by atoms with Crippen molar-refractivity contribution in [3.63, 3.8) is 0 Å². The van der Waals surface area contributed by atoms with Crippen LogP contribution in [0.3, 0.4) is 0 Å². The van der Waals surface area contributed by atoms with E-state index >= 15 is 0 Å². The Morgan fingerprint density at radius 1 is 1.45 bits per heavy atom. The molecule has 4 N–H and O–H groups in total. The Kier molecular flexibility index (Phi) is 6.31. The molecule has 0 aromatic carbocycles. The highest BCUT2D eigenvalue weighted by molar-refractivity contribution is 5.95. The normalized spacial score (nSPS) is 17.0. The Hall–Kier alpha value is -1.97. The van der Waals surface area contributed by atoms with Crippen molar-refractivity contribution in [2.24, 2.45) is 0 Å². The SMILES string of the molecule is O=C(NC(CO)C(=O)NCCN1CCOCC1)c1cnc[nH]1. The number of aromatic nitrogens is 2. The number of amides is 2. The van der Waals surface area contributed by atoms with Crippen molar-refractivity contribution in [3.05, 3.63) is 18.2 Å². The second-order valence-corrected chi connectivity index (χ2v) is 4.92. The van der Waals surface area contributed by atoms with Gasteiger partial charge in [0.1, 0.15) is 11.7 Å². The zero-order valence-corrected chi connectivity index (χ0v) is 12.2. The van der Waals surface area contributed by atoms with Gasteiger partial charge >= 0.3 is 0 Å². The summed E-state index contributed by atoms with van der Waals surface area (Å²) >= 11 is 0. The lowest BCUT2D eigenvalue weighted by molar-refractivity contribution is -0.123. The molecule has 1 aliphatic heterocycles. The maximum Gasteiger partial charge on any atom is 0.270 e. The third-order valence-corrected chi connectivity index (χ3v) is 3.38. The van der Waals surface area contributed by atoms with E-state index in [1.807, 2.05) is 0 Å². The Morgan fingerprint density at radius 3 is 2.86 bits per heavy atom. The van der Waals surface area contributed by atoms with Crippen LogP contribution in [0.2, 0.25) is 0 Å². The van der Waals surface area contributed by atoms with Gasteiger partial charge in [-0.1, -0.05) is 0 Å². The van der Waals surface area contributed by atoms with Gasteiger partial charge in [0.15, 0.2) is 0 Å². The predicted molar refractivity (Wildman–Crippen MR) is 77.2 cm³/mol. The van der Waals surface area contributed by atoms with Crippen LogP contribution in [-0.2, 0) is 9.53 Å². The van der Waals surface area contributed by atoms with Gasteiger partial charge in [0.2, 0.25) is 5.91 Å². The quantitative estimate of drug-likeness (QED) is 0.460. The van der Waals surface area contributed by atoms with Crippen LogP contribution >= 0.6 is 0 Å². The fraction of sp³-hybridized carbons (Fsp3) is 0.615. The lowest BCUT2D eigenvalue weighted by Crippen LogP contribution is -2.50. The number of carbonyl (C=O) groups is 2. The van der Waals surface area contributed by atoms with Crippen molar-refractivity contribution >= 4 is 11.8 Å². The molecule has 1 unspecified atom stereocenters. The topological polar surface area (TPSA) is 120 Å². The maximum atomic E-state index is 12.0. The average Bonchev–Trinajstić information content (AvgIpc) is 3.08. The van der Waals surface area contributed by atoms with Crippen molar-refractivity contribution in [3.8, 4) is 0 Å². The summed E-state index contributed by atoms with van der Waals surface area (Å²) in [5, 5.41) is 14.4. The van der Waals surface area contributed by atoms with Crippen LogP contribution in [0.25, 0.3) is 0 Å². The number of aliphatic hydroxyl groups excluding tert-OH is 1. The fourth-order valence-corrected chi connectivity index (χ4v) is 2.10. The molecule has 1 aliphatic rings. The summed E-state index contributed by atoms with van der Waals surface area (Å²) in [6.07, 6.45) is 2.71. The molecule has 9 nitrogen and oxygen atoms in total. The first kappa shape index (κ1) is 16.4. The summed E-state index contributed by atoms with van der Waals surface area (Å²) in [6, 6.07) is -0.986. The molecule has 1 aromatic rings. The number of imidazole rings is 1. The van der Waals surface area contributed by atoms with Gasteiger partial charge in [-0.25, -0.2) is 4.98 Å². The van der Waals surface area contributed by atoms with Crippen LogP contribution in [0.15, 0.2) is 12.5 Å². The number of rotatable bonds is 7. The first-order valence-electron chi connectivity index (χ1n) is 7.18. The summed E-state index contributed by atoms with van der Waals surface area (Å²) in [6.45, 7) is 3.78. The molecule has 0 saturated carbocycles. The first-order chi connectivity index (χ1) is 10.7. The number of aromatic amines is 1. The largest absolute Gasteiger partial charge is 0.394 e. The van der Waals surface area contributed by atoms with E-state index in [1.54, 1.807) is 0 Å². The van der Waals surface area contributed by atoms with Crippen LogP contribution in [0.5, 0.6) is 0 Å². The molecule has 0 radical (unpaired) electrons. The number of H-pyrrole nitrogens is 1. The van der Waals surface area contributed by atoms with Crippen molar-refractivity contribution < 1.29 is 19.4 Å². The van der Waals surface area contributed by atoms with E-state index in [9.17, 15) is 14.7 Å². The maximum absolute atomic E-state index is 12.0. The summed E-state index contributed by atoms with van der Waals surface area (Å²) in [5.41, 5.74) is 0.236. The molecule has 0 aliphatic carbocycles. The van der Waals surface area contributed by atoms with Gasteiger partial charge in [0.05, 0.1) is 32.3 Å². The number of ether oxygens (including phenoxy) is 1. The molecule has 1 aromatic heterocycles. The molecule has 122 valence electrons. The molecular formula is C13H21N5O4. The van der Waals surface area contributed by atoms with Crippen molar-refractivity contribution in [1.82, 2.24) is 25.5 Å². The minimum absolute atomic E-state index is 0.236. The second-order valence-electron chi connectivity index (χ2n) is 4.92. The molecule has 22 heavy (non-hydrogen) atoms. The van der Waals surface area contributed by atoms with E-state index in [0.29, 0.717) is 26.3 Å². The molecule has 9 heteroatoms. The van der Waals surface area contributed by atoms with E-state index in [0.717, 1.165) is 13.1 Å². The number of nitrogens with one attached hydrogen (secondary N) is 3. The van der Waals surface area contributed by atoms with E-state index in [-0.39, 0.29) is 5.69 Å². The molecule has 2 rings (SSSR count). The third-order valence-electron chi connectivity index (χ3n) is 3.38. The Labute approximate surface area is 128 Å². The average molecular weight is 311 g/mol. The number of hydrogen-bond acceptors (Lipinski definition) is 6. The summed E-state index contributed by atoms with van der Waals surface area (Å²) in [4.78, 5) is 32.3. The molecule has 1 saturated heterocycles. The molecule has 0 spiro atoms. The van der Waals surface area contributed by atoms with Gasteiger partial charge in [-0.3, -0.25) is 14.5 Å². The third kappa shape index (κ3) is 4.79. The van der Waals surface area contributed by atoms with Gasteiger partial charge in [0.25, 0.3) is 5.91 Å². The van der Waals surface area contributed by atoms with Crippen LogP contribution in [0.1, 0.15) is 10.5 Å². The van der Waals surface area contributed by atoms with Gasteiger partial charge < -0.3 is 25.5 Å². The van der Waals surface area contributed by atoms with Crippen LogP contribution in [0.4, 0.5) is 0 Å². The van der Waals surface area contributed by atoms with E-state index < -0.39 is 24.5 Å². The molecule has 0 bridgehead atoms. The summed E-state index contributed by atoms with van der Waals surface area (Å²) < 4.78 is 5.24. The fourth-order valence-electron chi connectivity index (χ4n) is 2.10. The Morgan fingerprint density at radius 2 is 2.23 bits per heavy atom. The van der Waals surface area contributed by atoms with E-state index in [1.165, 1.54) is 12.5 Å². The monoisotopic (exact) mass is 311 g/mol. The Balaban J connectivity index is 1.72. The number of hydrogen-bond donors (Lipinski definition) is 4. The van der Waals surface area contributed by atoms with Gasteiger partial charge in [0, 0.05) is 26.2 Å². The van der Waals surface area contributed by atoms with E-state index in [4.69, 9.17) is 4.74 Å². The lowest BCUT2D eigenvalue weighted by atomic mass is 10.2. The molecule has 2 amide bonds. The molecular weight excluding hydrogens is 290 g/mol. The zero-order valence-electron chi connectivity index (χ0n) is 12.2. The van der Waals surface area contributed by atoms with Gasteiger partial charge in [-0.15, -0.1) is 0 Å². The van der Waals surface area contributed by atoms with Crippen LogP contribution in [-0.4, -0.2) is 83.8 Å². The highest BCUT2D eigenvalue weighted by atomic mass is 16.5. The van der Waals surface area contributed by atoms with Crippen LogP contribution < -0.4 is 10.6 Å². The summed E-state index contributed by atoms with van der Waals surface area (Å²) in [7, 11) is 0. The number of carbonyl (C=O) groups excluding carboxylic acids is 2. The highest BCUT2D eigenvalue weighted by Gasteiger charge is 2.21. The van der Waals surface area contributed by atoms with Crippen molar-refractivity contribution in [2.45, 2.75) is 6.04 Å².